The maximum absolute atomic E-state index is 10.4. The zero-order chi connectivity index (χ0) is 12.7. The lowest BCUT2D eigenvalue weighted by atomic mass is 9.94. The molecular weight excluding hydrogens is 232 g/mol. The van der Waals surface area contributed by atoms with Gasteiger partial charge in [-0.25, -0.2) is 0 Å². The molecule has 0 aliphatic rings. The fraction of sp³-hybridized carbons (Fsp3) is 0.467. The Morgan fingerprint density at radius 3 is 2.76 bits per heavy atom. The highest BCUT2D eigenvalue weighted by atomic mass is 35.5. The number of aryl methyl sites for hydroxylation is 1. The molecule has 0 heterocycles. The van der Waals surface area contributed by atoms with E-state index in [4.69, 9.17) is 11.6 Å². The predicted octanol–water partition coefficient (Wildman–Crippen LogP) is 4.17. The fourth-order valence-corrected chi connectivity index (χ4v) is 1.91. The van der Waals surface area contributed by atoms with E-state index < -0.39 is 5.60 Å². The number of allylic oxidation sites excluding steroid dienone is 1. The lowest BCUT2D eigenvalue weighted by Crippen LogP contribution is -2.17. The number of unbranched alkanes of at least 4 members (excludes halogenated alkanes) is 2. The van der Waals surface area contributed by atoms with E-state index in [1.54, 1.807) is 0 Å². The van der Waals surface area contributed by atoms with E-state index in [-0.39, 0.29) is 0 Å². The Balaban J connectivity index is 2.61. The Kier molecular flexibility index (Phi) is 5.73. The molecule has 0 saturated heterocycles. The molecule has 1 rings (SSSR count). The first-order valence-electron chi connectivity index (χ1n) is 6.09. The molecule has 0 aromatic heterocycles. The monoisotopic (exact) mass is 252 g/mol. The van der Waals surface area contributed by atoms with E-state index in [2.05, 4.69) is 0 Å². The van der Waals surface area contributed by atoms with E-state index in [9.17, 15) is 5.11 Å². The van der Waals surface area contributed by atoms with E-state index in [0.29, 0.717) is 5.88 Å². The van der Waals surface area contributed by atoms with Gasteiger partial charge in [0.15, 0.2) is 0 Å². The van der Waals surface area contributed by atoms with Gasteiger partial charge in [-0.1, -0.05) is 42.0 Å². The van der Waals surface area contributed by atoms with Crippen LogP contribution in [0.3, 0.4) is 0 Å². The number of halogens is 1. The average molecular weight is 253 g/mol. The molecule has 1 atom stereocenters. The van der Waals surface area contributed by atoms with Gasteiger partial charge in [-0.15, -0.1) is 11.6 Å². The highest BCUT2D eigenvalue weighted by molar-refractivity contribution is 6.17. The van der Waals surface area contributed by atoms with Crippen LogP contribution < -0.4 is 0 Å². The molecule has 0 amide bonds. The Labute approximate surface area is 109 Å². The van der Waals surface area contributed by atoms with Crippen LogP contribution in [0.5, 0.6) is 0 Å². The molecule has 1 aromatic carbocycles. The van der Waals surface area contributed by atoms with Crippen molar-refractivity contribution in [3.05, 3.63) is 47.5 Å². The molecule has 0 saturated carbocycles. The van der Waals surface area contributed by atoms with Gasteiger partial charge in [0, 0.05) is 5.88 Å². The smallest absolute Gasteiger partial charge is 0.105 e. The second-order valence-electron chi connectivity index (χ2n) is 4.60. The second kappa shape index (κ2) is 6.83. The van der Waals surface area contributed by atoms with Crippen molar-refractivity contribution < 1.29 is 5.11 Å². The molecule has 94 valence electrons. The summed E-state index contributed by atoms with van der Waals surface area (Å²) in [7, 11) is 0. The van der Waals surface area contributed by atoms with Crippen molar-refractivity contribution in [3.8, 4) is 0 Å². The van der Waals surface area contributed by atoms with E-state index in [1.165, 1.54) is 5.56 Å². The first-order chi connectivity index (χ1) is 8.06. The number of benzene rings is 1. The quantitative estimate of drug-likeness (QED) is 0.458. The highest BCUT2D eigenvalue weighted by Crippen LogP contribution is 2.23. The van der Waals surface area contributed by atoms with Crippen LogP contribution in [0.2, 0.25) is 0 Å². The summed E-state index contributed by atoms with van der Waals surface area (Å²) in [5.41, 5.74) is 1.22. The molecule has 0 unspecified atom stereocenters. The van der Waals surface area contributed by atoms with Gasteiger partial charge in [0.05, 0.1) is 0 Å². The number of aliphatic hydroxyl groups is 1. The number of alkyl halides is 1. The van der Waals surface area contributed by atoms with Crippen molar-refractivity contribution in [2.75, 3.05) is 5.88 Å². The minimum atomic E-state index is -0.882. The van der Waals surface area contributed by atoms with E-state index >= 15 is 0 Å². The van der Waals surface area contributed by atoms with Crippen molar-refractivity contribution in [2.24, 2.45) is 0 Å². The number of hydrogen-bond donors (Lipinski definition) is 1. The highest BCUT2D eigenvalue weighted by Gasteiger charge is 2.18. The van der Waals surface area contributed by atoms with Crippen molar-refractivity contribution in [1.82, 2.24) is 0 Å². The lowest BCUT2D eigenvalue weighted by Gasteiger charge is -2.20. The van der Waals surface area contributed by atoms with Crippen LogP contribution in [0, 0.1) is 6.92 Å². The van der Waals surface area contributed by atoms with Crippen molar-refractivity contribution in [3.63, 3.8) is 0 Å². The van der Waals surface area contributed by atoms with Crippen LogP contribution in [-0.2, 0) is 5.60 Å². The Bertz CT molecular complexity index is 369. The molecule has 0 aliphatic carbocycles. The largest absolute Gasteiger partial charge is 0.381 e. The summed E-state index contributed by atoms with van der Waals surface area (Å²) >= 11 is 5.61. The Morgan fingerprint density at radius 1 is 1.35 bits per heavy atom. The van der Waals surface area contributed by atoms with Crippen LogP contribution >= 0.6 is 11.6 Å². The van der Waals surface area contributed by atoms with Gasteiger partial charge in [-0.05, 0) is 38.7 Å². The molecule has 0 radical (unpaired) electrons. The third-order valence-electron chi connectivity index (χ3n) is 2.80. The van der Waals surface area contributed by atoms with Crippen LogP contribution in [0.15, 0.2) is 36.4 Å². The van der Waals surface area contributed by atoms with Gasteiger partial charge in [0.25, 0.3) is 0 Å². The third-order valence-corrected chi connectivity index (χ3v) is 3.07. The number of hydrogen-bond acceptors (Lipinski definition) is 1. The van der Waals surface area contributed by atoms with Crippen molar-refractivity contribution >= 4 is 11.6 Å². The van der Waals surface area contributed by atoms with Crippen LogP contribution in [-0.4, -0.2) is 11.0 Å². The van der Waals surface area contributed by atoms with Crippen LogP contribution in [0.4, 0.5) is 0 Å². The third kappa shape index (κ3) is 4.93. The average Bonchev–Trinajstić information content (AvgIpc) is 2.29. The minimum absolute atomic E-state index is 0.710. The van der Waals surface area contributed by atoms with Crippen molar-refractivity contribution in [2.45, 2.75) is 38.7 Å². The first-order valence-corrected chi connectivity index (χ1v) is 6.63. The van der Waals surface area contributed by atoms with Gasteiger partial charge in [-0.3, -0.25) is 0 Å². The summed E-state index contributed by atoms with van der Waals surface area (Å²) in [6.07, 6.45) is 6.97. The van der Waals surface area contributed by atoms with Crippen LogP contribution in [0.1, 0.15) is 37.3 Å². The standard InChI is InChI=1S/C15H21ClO/c1-13-8-7-9-14(12-13)15(2,17)10-5-3-4-6-11-16/h5,7-10,12,17H,3-4,6,11H2,1-2H3/b10-5+/t15-/m0/s1. The summed E-state index contributed by atoms with van der Waals surface area (Å²) < 4.78 is 0. The second-order valence-corrected chi connectivity index (χ2v) is 4.98. The maximum atomic E-state index is 10.4. The summed E-state index contributed by atoms with van der Waals surface area (Å²) in [4.78, 5) is 0. The predicted molar refractivity (Wildman–Crippen MR) is 74.5 cm³/mol. The molecule has 0 spiro atoms. The molecule has 0 fully saturated rings. The summed E-state index contributed by atoms with van der Waals surface area (Å²) in [5.74, 6) is 0.710. The zero-order valence-electron chi connectivity index (χ0n) is 10.6. The molecule has 1 N–H and O–H groups in total. The zero-order valence-corrected chi connectivity index (χ0v) is 11.4. The van der Waals surface area contributed by atoms with Gasteiger partial charge in [-0.2, -0.15) is 0 Å². The Morgan fingerprint density at radius 2 is 2.12 bits per heavy atom. The molecular formula is C15H21ClO. The molecule has 1 nitrogen and oxygen atoms in total. The fourth-order valence-electron chi connectivity index (χ4n) is 1.73. The first kappa shape index (κ1) is 14.3. The summed E-state index contributed by atoms with van der Waals surface area (Å²) in [5, 5.41) is 10.4. The van der Waals surface area contributed by atoms with Gasteiger partial charge < -0.3 is 5.11 Å². The summed E-state index contributed by atoms with van der Waals surface area (Å²) in [6, 6.07) is 7.98. The normalized spacial score (nSPS) is 15.1. The van der Waals surface area contributed by atoms with E-state index in [1.807, 2.05) is 50.3 Å². The summed E-state index contributed by atoms with van der Waals surface area (Å²) in [6.45, 7) is 3.85. The molecule has 17 heavy (non-hydrogen) atoms. The Hall–Kier alpha value is -0.790. The van der Waals surface area contributed by atoms with Gasteiger partial charge in [0.1, 0.15) is 5.60 Å². The maximum Gasteiger partial charge on any atom is 0.105 e. The topological polar surface area (TPSA) is 20.2 Å². The van der Waals surface area contributed by atoms with Gasteiger partial charge >= 0.3 is 0 Å². The molecule has 0 aliphatic heterocycles. The van der Waals surface area contributed by atoms with Crippen LogP contribution in [0.25, 0.3) is 0 Å². The van der Waals surface area contributed by atoms with Crippen molar-refractivity contribution in [1.29, 1.82) is 0 Å². The minimum Gasteiger partial charge on any atom is -0.381 e. The SMILES string of the molecule is Cc1cccc([C@@](C)(O)/C=C/CCCCCl)c1. The lowest BCUT2D eigenvalue weighted by molar-refractivity contribution is 0.111. The van der Waals surface area contributed by atoms with E-state index in [0.717, 1.165) is 24.8 Å². The van der Waals surface area contributed by atoms with Gasteiger partial charge in [0.2, 0.25) is 0 Å². The number of rotatable bonds is 6. The molecule has 0 bridgehead atoms. The molecule has 1 aromatic rings. The molecule has 2 heteroatoms.